The number of rotatable bonds is 4. The molecule has 2 aromatic heterocycles. The minimum absolute atomic E-state index is 0. The summed E-state index contributed by atoms with van der Waals surface area (Å²) in [5.41, 5.74) is 2.37. The van der Waals surface area contributed by atoms with Crippen LogP contribution in [0.4, 0.5) is 0 Å². The molecule has 0 aliphatic heterocycles. The van der Waals surface area contributed by atoms with Crippen LogP contribution in [0.5, 0.6) is 0 Å². The molecule has 0 radical (unpaired) electrons. The lowest BCUT2D eigenvalue weighted by Crippen LogP contribution is -3.00. The van der Waals surface area contributed by atoms with E-state index in [1.54, 1.807) is 0 Å². The second-order valence-electron chi connectivity index (χ2n) is 5.31. The molecular weight excluding hydrogens is 724 g/mol. The molecule has 0 amide bonds. The van der Waals surface area contributed by atoms with E-state index in [0.717, 1.165) is 31.0 Å². The summed E-state index contributed by atoms with van der Waals surface area (Å²) in [6, 6.07) is 12.2. The molecule has 0 bridgehead atoms. The van der Waals surface area contributed by atoms with E-state index in [2.05, 4.69) is 97.6 Å². The minimum Gasteiger partial charge on any atom is -1.00 e. The topological polar surface area (TPSA) is 7.76 Å². The highest BCUT2D eigenvalue weighted by Crippen LogP contribution is 2.41. The van der Waals surface area contributed by atoms with Crippen molar-refractivity contribution in [3.63, 3.8) is 0 Å². The Bertz CT molecular complexity index is 755. The summed E-state index contributed by atoms with van der Waals surface area (Å²) in [7, 11) is 0. The fourth-order valence-corrected chi connectivity index (χ4v) is 5.23. The number of aromatic nitrogens is 2. The van der Waals surface area contributed by atoms with E-state index in [1.165, 1.54) is 11.1 Å². The van der Waals surface area contributed by atoms with Crippen LogP contribution in [-0.2, 0) is 13.1 Å². The summed E-state index contributed by atoms with van der Waals surface area (Å²) in [5.74, 6) is 0. The van der Waals surface area contributed by atoms with Gasteiger partial charge < -0.3 is 34.0 Å². The van der Waals surface area contributed by atoms with Gasteiger partial charge in [0.1, 0.15) is 0 Å². The van der Waals surface area contributed by atoms with E-state index in [-0.39, 0.29) is 34.0 Å². The molecule has 2 nitrogen and oxygen atoms in total. The van der Waals surface area contributed by atoms with Crippen LogP contribution < -0.4 is 43.1 Å². The van der Waals surface area contributed by atoms with Gasteiger partial charge in [0.2, 0.25) is 0 Å². The Morgan fingerprint density at radius 3 is 1.04 bits per heavy atom. The number of benzene rings is 1. The van der Waals surface area contributed by atoms with Crippen LogP contribution >= 0.6 is 63.7 Å². The first-order valence-electron chi connectivity index (χ1n) is 7.29. The Hall–Kier alpha value is 0.400. The lowest BCUT2D eigenvalue weighted by molar-refractivity contribution is -0.689. The van der Waals surface area contributed by atoms with Crippen molar-refractivity contribution in [2.45, 2.75) is 13.1 Å². The van der Waals surface area contributed by atoms with E-state index in [0.29, 0.717) is 0 Å². The van der Waals surface area contributed by atoms with Gasteiger partial charge in [0.05, 0.1) is 0 Å². The van der Waals surface area contributed by atoms with E-state index in [9.17, 15) is 0 Å². The van der Waals surface area contributed by atoms with Crippen LogP contribution in [0.1, 0.15) is 11.1 Å². The number of nitrogens with zero attached hydrogens (tertiary/aromatic N) is 2. The summed E-state index contributed by atoms with van der Waals surface area (Å²) in [6.07, 6.45) is 8.26. The molecule has 3 aromatic rings. The second kappa shape index (κ2) is 11.4. The van der Waals surface area contributed by atoms with Crippen molar-refractivity contribution in [3.05, 3.63) is 90.2 Å². The Morgan fingerprint density at radius 1 is 0.500 bits per heavy atom. The molecule has 0 fully saturated rings. The summed E-state index contributed by atoms with van der Waals surface area (Å²) >= 11 is 15.1. The zero-order valence-electron chi connectivity index (χ0n) is 13.3. The van der Waals surface area contributed by atoms with Crippen LogP contribution in [0.25, 0.3) is 0 Å². The fourth-order valence-electron chi connectivity index (χ4n) is 2.44. The predicted octanol–water partition coefficient (Wildman–Crippen LogP) is -0.584. The molecule has 0 atom stereocenters. The van der Waals surface area contributed by atoms with Gasteiger partial charge in [-0.2, -0.15) is 0 Å². The van der Waals surface area contributed by atoms with Gasteiger partial charge in [0.15, 0.2) is 37.9 Å². The highest BCUT2D eigenvalue weighted by molar-refractivity contribution is 9.14. The number of hydrogen-bond donors (Lipinski definition) is 0. The van der Waals surface area contributed by atoms with Gasteiger partial charge in [-0.15, -0.1) is 0 Å². The molecule has 0 saturated heterocycles. The molecule has 3 rings (SSSR count). The maximum atomic E-state index is 3.77. The van der Waals surface area contributed by atoms with Gasteiger partial charge >= 0.3 is 0 Å². The number of hydrogen-bond acceptors (Lipinski definition) is 0. The molecule has 0 aliphatic rings. The van der Waals surface area contributed by atoms with Gasteiger partial charge in [0.25, 0.3) is 0 Å². The molecule has 1 aromatic carbocycles. The lowest BCUT2D eigenvalue weighted by atomic mass is 10.1. The van der Waals surface area contributed by atoms with Crippen molar-refractivity contribution >= 4 is 63.7 Å². The summed E-state index contributed by atoms with van der Waals surface area (Å²) < 4.78 is 8.58. The smallest absolute Gasteiger partial charge is 0.176 e. The van der Waals surface area contributed by atoms with Crippen LogP contribution in [0.15, 0.2) is 79.1 Å². The molecule has 26 heavy (non-hydrogen) atoms. The van der Waals surface area contributed by atoms with Crippen molar-refractivity contribution in [2.24, 2.45) is 0 Å². The van der Waals surface area contributed by atoms with Crippen LogP contribution in [0.2, 0.25) is 0 Å². The van der Waals surface area contributed by atoms with E-state index < -0.39 is 0 Å². The number of halogens is 6. The minimum atomic E-state index is 0. The average molecular weight is 738 g/mol. The molecule has 0 unspecified atom stereocenters. The van der Waals surface area contributed by atoms with E-state index >= 15 is 0 Å². The van der Waals surface area contributed by atoms with Crippen molar-refractivity contribution in [1.29, 1.82) is 0 Å². The standard InChI is InChI=1S/C18H14Br4N2.2BrH/c19-15-13(11-23-7-3-1-4-8-23)16(20)18(22)14(17(15)21)12-24-9-5-2-6-10-24;;/h1-10H,11-12H2;2*1H/q+2;;/p-2. The van der Waals surface area contributed by atoms with E-state index in [4.69, 9.17) is 0 Å². The normalized spacial score (nSPS) is 10.0. The summed E-state index contributed by atoms with van der Waals surface area (Å²) in [6.45, 7) is 1.55. The quantitative estimate of drug-likeness (QED) is 0.251. The second-order valence-corrected chi connectivity index (χ2v) is 8.48. The molecule has 0 aliphatic carbocycles. The predicted molar refractivity (Wildman–Crippen MR) is 109 cm³/mol. The molecule has 138 valence electrons. The Labute approximate surface area is 208 Å². The van der Waals surface area contributed by atoms with Gasteiger partial charge in [-0.25, -0.2) is 9.13 Å². The van der Waals surface area contributed by atoms with Crippen molar-refractivity contribution in [1.82, 2.24) is 0 Å². The third kappa shape index (κ3) is 5.70. The zero-order valence-corrected chi connectivity index (χ0v) is 22.9. The molecule has 0 N–H and O–H groups in total. The lowest BCUT2D eigenvalue weighted by Gasteiger charge is -2.13. The zero-order chi connectivity index (χ0) is 17.1. The molecule has 8 heteroatoms. The van der Waals surface area contributed by atoms with Gasteiger partial charge in [0, 0.05) is 53.3 Å². The number of pyridine rings is 2. The third-order valence-electron chi connectivity index (χ3n) is 3.68. The first-order valence-corrected chi connectivity index (χ1v) is 10.5. The van der Waals surface area contributed by atoms with E-state index in [1.807, 2.05) is 36.4 Å². The van der Waals surface area contributed by atoms with Crippen LogP contribution in [-0.4, -0.2) is 0 Å². The summed E-state index contributed by atoms with van der Waals surface area (Å²) in [4.78, 5) is 0. The monoisotopic (exact) mass is 732 g/mol. The first-order chi connectivity index (χ1) is 11.6. The third-order valence-corrected chi connectivity index (χ3v) is 8.25. The summed E-state index contributed by atoms with van der Waals surface area (Å²) in [5, 5.41) is 0. The van der Waals surface area contributed by atoms with Gasteiger partial charge in [-0.3, -0.25) is 0 Å². The van der Waals surface area contributed by atoms with Gasteiger partial charge in [-0.1, -0.05) is 12.1 Å². The highest BCUT2D eigenvalue weighted by Gasteiger charge is 2.23. The molecule has 0 saturated carbocycles. The Balaban J connectivity index is 0.00000169. The van der Waals surface area contributed by atoms with Crippen molar-refractivity contribution in [2.75, 3.05) is 0 Å². The van der Waals surface area contributed by atoms with Crippen LogP contribution in [0.3, 0.4) is 0 Å². The molecule has 2 heterocycles. The molecule has 0 spiro atoms. The van der Waals surface area contributed by atoms with Crippen molar-refractivity contribution < 1.29 is 43.1 Å². The molecular formula is C18H14Br6N2. The highest BCUT2D eigenvalue weighted by atomic mass is 79.9. The Morgan fingerprint density at radius 2 is 0.769 bits per heavy atom. The average Bonchev–Trinajstić information content (AvgIpc) is 2.62. The fraction of sp³-hybridized carbons (Fsp3) is 0.111. The largest absolute Gasteiger partial charge is 1.00 e. The van der Waals surface area contributed by atoms with Gasteiger partial charge in [-0.05, 0) is 63.7 Å². The first kappa shape index (κ1) is 24.4. The van der Waals surface area contributed by atoms with Crippen molar-refractivity contribution in [3.8, 4) is 0 Å². The maximum Gasteiger partial charge on any atom is 0.176 e. The maximum absolute atomic E-state index is 3.77. The SMILES string of the molecule is Brc1c(Br)c(C[n+]2ccccc2)c(Br)c(Br)c1C[n+]1ccccc1.[Br-].[Br-]. The van der Waals surface area contributed by atoms with Crippen LogP contribution in [0, 0.1) is 0 Å². The Kier molecular flexibility index (Phi) is 10.7.